The fourth-order valence-corrected chi connectivity index (χ4v) is 2.39. The van der Waals surface area contributed by atoms with Gasteiger partial charge in [-0.15, -0.1) is 0 Å². The molecule has 0 unspecified atom stereocenters. The lowest BCUT2D eigenvalue weighted by molar-refractivity contribution is 0.104. The second kappa shape index (κ2) is 6.58. The van der Waals surface area contributed by atoms with E-state index in [1.807, 2.05) is 54.6 Å². The number of hydrogen-bond donors (Lipinski definition) is 0. The Balaban J connectivity index is 1.70. The van der Waals surface area contributed by atoms with Gasteiger partial charge in [0, 0.05) is 16.1 Å². The Morgan fingerprint density at radius 2 is 1.64 bits per heavy atom. The van der Waals surface area contributed by atoms with Crippen molar-refractivity contribution in [1.82, 2.24) is 0 Å². The van der Waals surface area contributed by atoms with Crippen molar-refractivity contribution in [3.8, 4) is 5.75 Å². The average Bonchev–Trinajstić information content (AvgIpc) is 2.55. The number of halogens is 1. The summed E-state index contributed by atoms with van der Waals surface area (Å²) in [6.45, 7) is 0. The van der Waals surface area contributed by atoms with E-state index in [9.17, 15) is 4.79 Å². The van der Waals surface area contributed by atoms with Crippen molar-refractivity contribution in [3.63, 3.8) is 0 Å². The van der Waals surface area contributed by atoms with Crippen LogP contribution in [0.4, 0.5) is 0 Å². The molecular formula is C19H13BrO2. The molecule has 0 N–H and O–H groups in total. The zero-order chi connectivity index (χ0) is 15.4. The minimum absolute atomic E-state index is 0.0895. The highest BCUT2D eigenvalue weighted by Crippen LogP contribution is 2.20. The number of carbonyl (C=O) groups excluding carboxylic acids is 1. The summed E-state index contributed by atoms with van der Waals surface area (Å²) in [5, 5.41) is 2.26. The monoisotopic (exact) mass is 352 g/mol. The van der Waals surface area contributed by atoms with Crippen LogP contribution in [0.15, 0.2) is 83.5 Å². The first-order valence-corrected chi connectivity index (χ1v) is 7.63. The summed E-state index contributed by atoms with van der Waals surface area (Å²) < 4.78 is 6.46. The first kappa shape index (κ1) is 14.5. The van der Waals surface area contributed by atoms with Crippen molar-refractivity contribution >= 4 is 32.5 Å². The molecule has 0 atom stereocenters. The van der Waals surface area contributed by atoms with E-state index in [4.69, 9.17) is 4.74 Å². The molecule has 22 heavy (non-hydrogen) atoms. The zero-order valence-electron chi connectivity index (χ0n) is 11.7. The molecule has 0 aromatic heterocycles. The highest BCUT2D eigenvalue weighted by molar-refractivity contribution is 9.10. The summed E-state index contributed by atoms with van der Waals surface area (Å²) in [5.74, 6) is 0.617. The number of carbonyl (C=O) groups is 1. The maximum Gasteiger partial charge on any atom is 0.188 e. The molecule has 3 aromatic carbocycles. The van der Waals surface area contributed by atoms with Gasteiger partial charge in [0.05, 0.1) is 6.26 Å². The Kier molecular flexibility index (Phi) is 4.35. The van der Waals surface area contributed by atoms with Crippen LogP contribution in [0.5, 0.6) is 5.75 Å². The summed E-state index contributed by atoms with van der Waals surface area (Å²) in [4.78, 5) is 12.0. The van der Waals surface area contributed by atoms with Crippen molar-refractivity contribution < 1.29 is 9.53 Å². The molecule has 0 bridgehead atoms. The van der Waals surface area contributed by atoms with Gasteiger partial charge >= 0.3 is 0 Å². The SMILES string of the molecule is O=C(/C=C/Oc1ccc2ccccc2c1)c1ccc(Br)cc1. The number of benzene rings is 3. The molecule has 3 rings (SSSR count). The van der Waals surface area contributed by atoms with Gasteiger partial charge in [-0.1, -0.05) is 46.3 Å². The van der Waals surface area contributed by atoms with E-state index in [1.54, 1.807) is 12.1 Å². The number of ether oxygens (including phenoxy) is 1. The quantitative estimate of drug-likeness (QED) is 0.358. The van der Waals surface area contributed by atoms with Gasteiger partial charge in [0.1, 0.15) is 5.75 Å². The van der Waals surface area contributed by atoms with Gasteiger partial charge in [0.25, 0.3) is 0 Å². The molecule has 3 aromatic rings. The topological polar surface area (TPSA) is 26.3 Å². The maximum absolute atomic E-state index is 12.0. The second-order valence-corrected chi connectivity index (χ2v) is 5.72. The molecule has 0 saturated heterocycles. The molecule has 0 aliphatic rings. The molecule has 0 aliphatic heterocycles. The molecular weight excluding hydrogens is 340 g/mol. The smallest absolute Gasteiger partial charge is 0.188 e. The first-order valence-electron chi connectivity index (χ1n) is 6.84. The summed E-state index contributed by atoms with van der Waals surface area (Å²) in [5.41, 5.74) is 0.626. The molecule has 0 spiro atoms. The Morgan fingerprint density at radius 3 is 2.41 bits per heavy atom. The fourth-order valence-electron chi connectivity index (χ4n) is 2.13. The Morgan fingerprint density at radius 1 is 0.909 bits per heavy atom. The van der Waals surface area contributed by atoms with E-state index in [2.05, 4.69) is 15.9 Å². The normalized spacial score (nSPS) is 11.0. The molecule has 108 valence electrons. The number of fused-ring (bicyclic) bond motifs is 1. The molecule has 0 radical (unpaired) electrons. The minimum atomic E-state index is -0.0895. The van der Waals surface area contributed by atoms with Gasteiger partial charge < -0.3 is 4.74 Å². The lowest BCUT2D eigenvalue weighted by Crippen LogP contribution is -1.94. The van der Waals surface area contributed by atoms with Crippen LogP contribution >= 0.6 is 15.9 Å². The lowest BCUT2D eigenvalue weighted by atomic mass is 10.1. The number of allylic oxidation sites excluding steroid dienone is 1. The summed E-state index contributed by atoms with van der Waals surface area (Å²) in [6, 6.07) is 21.1. The van der Waals surface area contributed by atoms with E-state index < -0.39 is 0 Å². The summed E-state index contributed by atoms with van der Waals surface area (Å²) in [7, 11) is 0. The van der Waals surface area contributed by atoms with Crippen molar-refractivity contribution in [1.29, 1.82) is 0 Å². The van der Waals surface area contributed by atoms with Gasteiger partial charge in [0.15, 0.2) is 5.78 Å². The van der Waals surface area contributed by atoms with E-state index in [-0.39, 0.29) is 5.78 Å². The average molecular weight is 353 g/mol. The molecule has 2 nitrogen and oxygen atoms in total. The minimum Gasteiger partial charge on any atom is -0.465 e. The van der Waals surface area contributed by atoms with Gasteiger partial charge in [0.2, 0.25) is 0 Å². The van der Waals surface area contributed by atoms with Crippen molar-refractivity contribution in [2.75, 3.05) is 0 Å². The molecule has 0 heterocycles. The van der Waals surface area contributed by atoms with Crippen molar-refractivity contribution in [3.05, 3.63) is 89.1 Å². The largest absolute Gasteiger partial charge is 0.465 e. The van der Waals surface area contributed by atoms with Crippen LogP contribution in [-0.4, -0.2) is 5.78 Å². The van der Waals surface area contributed by atoms with Gasteiger partial charge in [-0.05, 0) is 47.2 Å². The van der Waals surface area contributed by atoms with Gasteiger partial charge in [-0.3, -0.25) is 4.79 Å². The van der Waals surface area contributed by atoms with E-state index in [1.165, 1.54) is 12.3 Å². The number of hydrogen-bond acceptors (Lipinski definition) is 2. The maximum atomic E-state index is 12.0. The van der Waals surface area contributed by atoms with Crippen LogP contribution in [0, 0.1) is 0 Å². The third-order valence-electron chi connectivity index (χ3n) is 3.27. The van der Waals surface area contributed by atoms with Gasteiger partial charge in [-0.2, -0.15) is 0 Å². The van der Waals surface area contributed by atoms with Crippen LogP contribution in [0.1, 0.15) is 10.4 Å². The van der Waals surface area contributed by atoms with Crippen LogP contribution in [0.3, 0.4) is 0 Å². The Hall–Kier alpha value is -2.39. The van der Waals surface area contributed by atoms with Gasteiger partial charge in [-0.25, -0.2) is 0 Å². The fraction of sp³-hybridized carbons (Fsp3) is 0. The summed E-state index contributed by atoms with van der Waals surface area (Å²) >= 11 is 3.34. The standard InChI is InChI=1S/C19H13BrO2/c20-17-8-5-15(6-9-17)19(21)11-12-22-18-10-7-14-3-1-2-4-16(14)13-18/h1-13H/b12-11+. The van der Waals surface area contributed by atoms with E-state index >= 15 is 0 Å². The third kappa shape index (κ3) is 3.43. The molecule has 3 heteroatoms. The molecule has 0 fully saturated rings. The highest BCUT2D eigenvalue weighted by Gasteiger charge is 2.01. The van der Waals surface area contributed by atoms with Crippen molar-refractivity contribution in [2.45, 2.75) is 0 Å². The Labute approximate surface area is 137 Å². The van der Waals surface area contributed by atoms with Crippen molar-refractivity contribution in [2.24, 2.45) is 0 Å². The lowest BCUT2D eigenvalue weighted by Gasteiger charge is -2.02. The number of ketones is 1. The van der Waals surface area contributed by atoms with Crippen LogP contribution in [0.2, 0.25) is 0 Å². The third-order valence-corrected chi connectivity index (χ3v) is 3.80. The van der Waals surface area contributed by atoms with Crippen LogP contribution in [-0.2, 0) is 0 Å². The van der Waals surface area contributed by atoms with E-state index in [0.717, 1.165) is 15.2 Å². The number of rotatable bonds is 4. The first-order chi connectivity index (χ1) is 10.7. The molecule has 0 aliphatic carbocycles. The van der Waals surface area contributed by atoms with Crippen LogP contribution < -0.4 is 4.74 Å². The zero-order valence-corrected chi connectivity index (χ0v) is 13.3. The van der Waals surface area contributed by atoms with Crippen LogP contribution in [0.25, 0.3) is 10.8 Å². The molecule has 0 saturated carbocycles. The highest BCUT2D eigenvalue weighted by atomic mass is 79.9. The molecule has 0 amide bonds. The van der Waals surface area contributed by atoms with E-state index in [0.29, 0.717) is 11.3 Å². The predicted molar refractivity (Wildman–Crippen MR) is 92.2 cm³/mol. The Bertz CT molecular complexity index is 835. The second-order valence-electron chi connectivity index (χ2n) is 4.80. The predicted octanol–water partition coefficient (Wildman–Crippen LogP) is 5.38. The summed E-state index contributed by atoms with van der Waals surface area (Å²) in [6.07, 6.45) is 2.85.